The minimum Gasteiger partial charge on any atom is -0.462 e. The zero-order chi connectivity index (χ0) is 74.6. The average molecular weight is 1480 g/mol. The Morgan fingerprint density at radius 1 is 0.248 bits per heavy atom. The van der Waals surface area contributed by atoms with Crippen molar-refractivity contribution in [3.05, 3.63) is 0 Å². The number of carbonyl (C=O) groups excluding carboxylic acids is 4. The van der Waals surface area contributed by atoms with Gasteiger partial charge in [0.2, 0.25) is 0 Å². The maximum atomic E-state index is 13.1. The summed E-state index contributed by atoms with van der Waals surface area (Å²) in [7, 11) is -9.92. The molecule has 0 spiro atoms. The first kappa shape index (κ1) is 99.1. The van der Waals surface area contributed by atoms with E-state index in [2.05, 4.69) is 55.4 Å². The Balaban J connectivity index is 5.15. The number of phosphoric acid groups is 2. The van der Waals surface area contributed by atoms with Crippen molar-refractivity contribution in [2.75, 3.05) is 39.6 Å². The number of hydrogen-bond acceptors (Lipinski definition) is 15. The number of aliphatic hydroxyl groups is 1. The van der Waals surface area contributed by atoms with E-state index in [1.165, 1.54) is 218 Å². The summed E-state index contributed by atoms with van der Waals surface area (Å²) in [6, 6.07) is 0. The fraction of sp³-hybridized carbons (Fsp3) is 0.951. The highest BCUT2D eigenvalue weighted by Gasteiger charge is 2.30. The van der Waals surface area contributed by atoms with Crippen LogP contribution in [0, 0.1) is 23.7 Å². The third-order valence-corrected chi connectivity index (χ3v) is 21.0. The number of esters is 4. The van der Waals surface area contributed by atoms with Crippen molar-refractivity contribution in [1.29, 1.82) is 0 Å². The molecular formula is C82H160O17P2. The molecule has 101 heavy (non-hydrogen) atoms. The van der Waals surface area contributed by atoms with Crippen molar-refractivity contribution < 1.29 is 80.2 Å². The molecule has 0 aromatic carbocycles. The van der Waals surface area contributed by atoms with Crippen LogP contribution in [0.25, 0.3) is 0 Å². The van der Waals surface area contributed by atoms with Crippen LogP contribution in [0.1, 0.15) is 421 Å². The molecule has 0 rings (SSSR count). The fourth-order valence-electron chi connectivity index (χ4n) is 12.6. The van der Waals surface area contributed by atoms with E-state index in [9.17, 15) is 43.2 Å². The summed E-state index contributed by atoms with van der Waals surface area (Å²) in [5, 5.41) is 10.6. The van der Waals surface area contributed by atoms with E-state index in [1.54, 1.807) is 0 Å². The van der Waals surface area contributed by atoms with Crippen LogP contribution in [0.3, 0.4) is 0 Å². The smallest absolute Gasteiger partial charge is 0.462 e. The largest absolute Gasteiger partial charge is 0.472 e. The van der Waals surface area contributed by atoms with Crippen molar-refractivity contribution in [3.63, 3.8) is 0 Å². The van der Waals surface area contributed by atoms with Gasteiger partial charge in [-0.1, -0.05) is 370 Å². The number of hydrogen-bond donors (Lipinski definition) is 3. The molecule has 0 saturated heterocycles. The monoisotopic (exact) mass is 1480 g/mol. The summed E-state index contributed by atoms with van der Waals surface area (Å²) in [4.78, 5) is 73.0. The van der Waals surface area contributed by atoms with Gasteiger partial charge >= 0.3 is 39.5 Å². The Labute approximate surface area is 619 Å². The van der Waals surface area contributed by atoms with Crippen molar-refractivity contribution >= 4 is 39.5 Å². The third-order valence-electron chi connectivity index (χ3n) is 19.1. The highest BCUT2D eigenvalue weighted by Crippen LogP contribution is 2.45. The van der Waals surface area contributed by atoms with Gasteiger partial charge in [-0.15, -0.1) is 0 Å². The molecule has 3 unspecified atom stereocenters. The molecule has 3 N–H and O–H groups in total. The molecule has 0 aromatic rings. The predicted molar refractivity (Wildman–Crippen MR) is 414 cm³/mol. The molecule has 0 aromatic heterocycles. The van der Waals surface area contributed by atoms with Crippen LogP contribution in [0.4, 0.5) is 0 Å². The molecule has 17 nitrogen and oxygen atoms in total. The highest BCUT2D eigenvalue weighted by molar-refractivity contribution is 7.47. The number of ether oxygens (including phenoxy) is 4. The first-order valence-corrected chi connectivity index (χ1v) is 45.2. The fourth-order valence-corrected chi connectivity index (χ4v) is 14.2. The van der Waals surface area contributed by atoms with Gasteiger partial charge in [0.15, 0.2) is 12.2 Å². The first-order chi connectivity index (χ1) is 48.6. The number of carbonyl (C=O) groups is 4. The Morgan fingerprint density at radius 2 is 0.416 bits per heavy atom. The average Bonchev–Trinajstić information content (AvgIpc) is 0.928. The van der Waals surface area contributed by atoms with Crippen molar-refractivity contribution in [1.82, 2.24) is 0 Å². The van der Waals surface area contributed by atoms with Crippen LogP contribution in [0.15, 0.2) is 0 Å². The van der Waals surface area contributed by atoms with E-state index in [1.807, 2.05) is 0 Å². The second-order valence-corrected chi connectivity index (χ2v) is 34.3. The van der Waals surface area contributed by atoms with E-state index in [0.717, 1.165) is 108 Å². The van der Waals surface area contributed by atoms with Gasteiger partial charge in [-0.2, -0.15) is 0 Å². The molecule has 5 atom stereocenters. The number of phosphoric ester groups is 2. The summed E-state index contributed by atoms with van der Waals surface area (Å²) in [6.45, 7) is 14.2. The van der Waals surface area contributed by atoms with Gasteiger partial charge in [-0.05, 0) is 49.4 Å². The van der Waals surface area contributed by atoms with E-state index >= 15 is 0 Å². The minimum absolute atomic E-state index is 0.105. The number of rotatable bonds is 79. The lowest BCUT2D eigenvalue weighted by atomic mass is 10.0. The summed E-state index contributed by atoms with van der Waals surface area (Å²) in [5.41, 5.74) is 0. The highest BCUT2D eigenvalue weighted by atomic mass is 31.2. The summed E-state index contributed by atoms with van der Waals surface area (Å²) < 4.78 is 68.7. The lowest BCUT2D eigenvalue weighted by molar-refractivity contribution is -0.161. The number of unbranched alkanes of at least 4 members (excludes halogenated alkanes) is 45. The van der Waals surface area contributed by atoms with Gasteiger partial charge in [0, 0.05) is 25.7 Å². The third kappa shape index (κ3) is 76.1. The summed E-state index contributed by atoms with van der Waals surface area (Å²) in [5.74, 6) is 0.939. The maximum absolute atomic E-state index is 13.1. The molecule has 0 amide bonds. The Kier molecular flexibility index (Phi) is 69.6. The van der Waals surface area contributed by atoms with Gasteiger partial charge in [0.25, 0.3) is 0 Å². The topological polar surface area (TPSA) is 237 Å². The molecule has 0 saturated carbocycles. The molecule has 0 radical (unpaired) electrons. The first-order valence-electron chi connectivity index (χ1n) is 42.2. The van der Waals surface area contributed by atoms with Gasteiger partial charge < -0.3 is 33.8 Å². The van der Waals surface area contributed by atoms with Gasteiger partial charge in [0.1, 0.15) is 19.3 Å². The zero-order valence-corrected chi connectivity index (χ0v) is 68.3. The van der Waals surface area contributed by atoms with Crippen LogP contribution >= 0.6 is 15.6 Å². The zero-order valence-electron chi connectivity index (χ0n) is 66.5. The van der Waals surface area contributed by atoms with E-state index in [0.29, 0.717) is 37.5 Å². The van der Waals surface area contributed by atoms with Crippen LogP contribution in [-0.4, -0.2) is 96.7 Å². The van der Waals surface area contributed by atoms with Gasteiger partial charge in [-0.3, -0.25) is 37.3 Å². The van der Waals surface area contributed by atoms with Crippen molar-refractivity contribution in [2.24, 2.45) is 23.7 Å². The molecule has 0 aliphatic heterocycles. The normalized spacial score (nSPS) is 14.0. The molecule has 600 valence electrons. The molecule has 0 heterocycles. The SMILES string of the molecule is CC(C)CCCCCCCCCCCCCCCCCCCCC(=O)OC[C@H](COP(=O)(O)OCC(O)COP(=O)(O)OC[C@@H](COC(=O)CCCCCCCCCC(C)C)OC(=O)CCCCCCCCCCCCCCCCCCC(C)C)OC(=O)CCCCCCCCCCC(C)C. The standard InChI is InChI=1S/C82H160O17P2/c1-72(2)58-50-42-34-27-23-19-15-11-9-10-12-17-21-25-29-38-46-54-62-79(84)92-68-77(99-82(87)65-57-49-40-32-31-36-44-52-60-74(5)6)70-96-100(88,89)94-66-76(83)67-95-101(90,91)97-71-78(69-93-80(85)63-55-47-41-33-37-45-53-61-75(7)8)98-81(86)64-56-48-39-30-26-22-18-14-13-16-20-24-28-35-43-51-59-73(3)4/h72-78,83H,9-71H2,1-8H3,(H,88,89)(H,90,91)/t76?,77-,78-/m1/s1. The van der Waals surface area contributed by atoms with E-state index < -0.39 is 97.5 Å². The molecule has 0 aliphatic carbocycles. The van der Waals surface area contributed by atoms with Gasteiger partial charge in [0.05, 0.1) is 26.4 Å². The minimum atomic E-state index is -4.96. The molecule has 0 fully saturated rings. The summed E-state index contributed by atoms with van der Waals surface area (Å²) in [6.07, 6.45) is 58.6. The van der Waals surface area contributed by atoms with Crippen molar-refractivity contribution in [2.45, 2.75) is 440 Å². The maximum Gasteiger partial charge on any atom is 0.472 e. The Hall–Kier alpha value is -1.94. The van der Waals surface area contributed by atoms with Gasteiger partial charge in [-0.25, -0.2) is 9.13 Å². The van der Waals surface area contributed by atoms with Crippen molar-refractivity contribution in [3.8, 4) is 0 Å². The van der Waals surface area contributed by atoms with Crippen LogP contribution < -0.4 is 0 Å². The molecule has 0 bridgehead atoms. The Morgan fingerprint density at radius 3 is 0.614 bits per heavy atom. The van der Waals surface area contributed by atoms with E-state index in [4.69, 9.17) is 37.0 Å². The Bertz CT molecular complexity index is 1970. The van der Waals surface area contributed by atoms with Crippen LogP contribution in [0.5, 0.6) is 0 Å². The second kappa shape index (κ2) is 71.0. The van der Waals surface area contributed by atoms with E-state index in [-0.39, 0.29) is 25.7 Å². The number of aliphatic hydroxyl groups excluding tert-OH is 1. The predicted octanol–water partition coefficient (Wildman–Crippen LogP) is 24.4. The lowest BCUT2D eigenvalue weighted by Crippen LogP contribution is -2.30. The second-order valence-electron chi connectivity index (χ2n) is 31.4. The van der Waals surface area contributed by atoms with Crippen LogP contribution in [-0.2, 0) is 65.4 Å². The van der Waals surface area contributed by atoms with Crippen LogP contribution in [0.2, 0.25) is 0 Å². The molecule has 19 heteroatoms. The lowest BCUT2D eigenvalue weighted by Gasteiger charge is -2.21. The summed E-state index contributed by atoms with van der Waals surface area (Å²) >= 11 is 0. The quantitative estimate of drug-likeness (QED) is 0.0222. The molecular weight excluding hydrogens is 1320 g/mol. The molecule has 0 aliphatic rings.